The van der Waals surface area contributed by atoms with E-state index >= 15 is 0 Å². The number of alkyl halides is 2. The van der Waals surface area contributed by atoms with Gasteiger partial charge >= 0.3 is 17.6 Å². The van der Waals surface area contributed by atoms with Crippen LogP contribution in [0.25, 0.3) is 0 Å². The van der Waals surface area contributed by atoms with Crippen molar-refractivity contribution in [2.24, 2.45) is 0 Å². The number of nitrogen functional groups attached to an aromatic ring is 1. The van der Waals surface area contributed by atoms with E-state index in [1.807, 2.05) is 6.92 Å². The van der Waals surface area contributed by atoms with Crippen LogP contribution in [0.2, 0.25) is 0 Å². The molecule has 2 amide bonds. The Bertz CT molecular complexity index is 654. The lowest BCUT2D eigenvalue weighted by Crippen LogP contribution is -2.45. The number of carbonyl (C=O) groups is 1. The second-order valence-electron chi connectivity index (χ2n) is 5.33. The lowest BCUT2D eigenvalue weighted by Gasteiger charge is -2.20. The van der Waals surface area contributed by atoms with E-state index in [0.717, 1.165) is 12.3 Å². The summed E-state index contributed by atoms with van der Waals surface area (Å²) in [4.78, 5) is 26.5. The smallest absolute Gasteiger partial charge is 0.351 e. The van der Waals surface area contributed by atoms with Crippen LogP contribution in [0.4, 0.5) is 19.4 Å². The van der Waals surface area contributed by atoms with Gasteiger partial charge in [0.1, 0.15) is 11.9 Å². The van der Waals surface area contributed by atoms with Gasteiger partial charge in [-0.05, 0) is 12.5 Å². The van der Waals surface area contributed by atoms with Gasteiger partial charge in [0, 0.05) is 19.3 Å². The molecule has 1 aromatic heterocycles. The number of aliphatic hydroxyl groups is 1. The molecular formula is C14H23F2N5O4. The number of carbonyl (C=O) groups excluding carboxylic acids is 1. The third-order valence-electron chi connectivity index (χ3n) is 3.48. The number of nitrogens with two attached hydrogens (primary N) is 1. The first kappa shape index (κ1) is 20.8. The number of amides is 2. The first-order valence-electron chi connectivity index (χ1n) is 7.35. The molecule has 3 atom stereocenters. The van der Waals surface area contributed by atoms with Gasteiger partial charge in [-0.3, -0.25) is 4.57 Å². The van der Waals surface area contributed by atoms with Gasteiger partial charge in [-0.2, -0.15) is 13.8 Å². The number of hydrogen-bond donors (Lipinski definition) is 4. The molecule has 9 nitrogen and oxygen atoms in total. The molecule has 0 saturated carbocycles. The van der Waals surface area contributed by atoms with Crippen molar-refractivity contribution in [1.29, 1.82) is 0 Å². The molecule has 2 rings (SSSR count). The Morgan fingerprint density at radius 1 is 1.52 bits per heavy atom. The number of urea groups is 1. The van der Waals surface area contributed by atoms with Crippen molar-refractivity contribution >= 4 is 11.8 Å². The SMILES string of the molecule is C.CCCNC(=O)NC[C@H]1O[C@@H](n2ccc(N)nc2=O)C(F)(F)[C@@H]1O. The van der Waals surface area contributed by atoms with Crippen LogP contribution in [0.1, 0.15) is 27.0 Å². The summed E-state index contributed by atoms with van der Waals surface area (Å²) in [5.74, 6) is -3.86. The number of ether oxygens (including phenoxy) is 1. The first-order valence-corrected chi connectivity index (χ1v) is 7.35. The van der Waals surface area contributed by atoms with E-state index in [1.54, 1.807) is 0 Å². The average molecular weight is 363 g/mol. The maximum atomic E-state index is 14.2. The highest BCUT2D eigenvalue weighted by molar-refractivity contribution is 5.73. The second kappa shape index (κ2) is 8.21. The Balaban J connectivity index is 0.00000312. The molecule has 1 saturated heterocycles. The summed E-state index contributed by atoms with van der Waals surface area (Å²) in [6, 6.07) is 0.600. The minimum atomic E-state index is -3.74. The summed E-state index contributed by atoms with van der Waals surface area (Å²) < 4.78 is 34.1. The predicted molar refractivity (Wildman–Crippen MR) is 86.2 cm³/mol. The van der Waals surface area contributed by atoms with Crippen LogP contribution in [0, 0.1) is 0 Å². The van der Waals surface area contributed by atoms with E-state index < -0.39 is 36.1 Å². The quantitative estimate of drug-likeness (QED) is 0.585. The predicted octanol–water partition coefficient (Wildman–Crippen LogP) is 0.0644. The standard InChI is InChI=1S/C13H19F2N5O4.CH4/c1-2-4-17-11(22)18-6-7-9(21)13(14,15)10(24-7)20-5-3-8(16)19-12(20)23;/h3,5,7,9-10,21H,2,4,6H2,1H3,(H2,16,19,23)(H2,17,18,22);1H4/t7-,9-,10-;/m1./s1. The Morgan fingerprint density at radius 2 is 2.20 bits per heavy atom. The van der Waals surface area contributed by atoms with Crippen LogP contribution in [0.15, 0.2) is 17.1 Å². The number of aliphatic hydroxyl groups excluding tert-OH is 1. The van der Waals surface area contributed by atoms with Crippen molar-refractivity contribution in [3.05, 3.63) is 22.7 Å². The van der Waals surface area contributed by atoms with Crippen LogP contribution in [-0.4, -0.2) is 51.9 Å². The zero-order valence-corrected chi connectivity index (χ0v) is 12.9. The summed E-state index contributed by atoms with van der Waals surface area (Å²) in [6.45, 7) is 1.93. The number of halogens is 2. The van der Waals surface area contributed by atoms with Gasteiger partial charge in [-0.1, -0.05) is 14.4 Å². The third kappa shape index (κ3) is 4.42. The molecule has 0 aromatic carbocycles. The van der Waals surface area contributed by atoms with Gasteiger partial charge < -0.3 is 26.2 Å². The molecule has 1 aliphatic heterocycles. The summed E-state index contributed by atoms with van der Waals surface area (Å²) in [5.41, 5.74) is 4.29. The van der Waals surface area contributed by atoms with Crippen LogP contribution in [-0.2, 0) is 4.74 Å². The Morgan fingerprint density at radius 3 is 2.80 bits per heavy atom. The van der Waals surface area contributed by atoms with Gasteiger partial charge in [0.05, 0.1) is 0 Å². The normalized spacial score (nSPS) is 24.4. The van der Waals surface area contributed by atoms with Gasteiger partial charge in [0.2, 0.25) is 6.23 Å². The molecule has 1 aliphatic rings. The summed E-state index contributed by atoms with van der Waals surface area (Å²) in [5, 5.41) is 14.6. The third-order valence-corrected chi connectivity index (χ3v) is 3.48. The molecule has 25 heavy (non-hydrogen) atoms. The number of nitrogens with one attached hydrogen (secondary N) is 2. The van der Waals surface area contributed by atoms with Gasteiger partial charge in [0.15, 0.2) is 6.10 Å². The lowest BCUT2D eigenvalue weighted by molar-refractivity contribution is -0.140. The monoisotopic (exact) mass is 363 g/mol. The van der Waals surface area contributed by atoms with Crippen LogP contribution in [0.3, 0.4) is 0 Å². The Labute approximate surface area is 143 Å². The van der Waals surface area contributed by atoms with Gasteiger partial charge in [-0.25, -0.2) is 9.59 Å². The largest absolute Gasteiger partial charge is 0.384 e. The fraction of sp³-hybridized carbons (Fsp3) is 0.643. The summed E-state index contributed by atoms with van der Waals surface area (Å²) in [6.07, 6.45) is -3.90. The number of hydrogen-bond acceptors (Lipinski definition) is 6. The molecule has 2 heterocycles. The summed E-state index contributed by atoms with van der Waals surface area (Å²) >= 11 is 0. The number of aromatic nitrogens is 2. The van der Waals surface area contributed by atoms with Gasteiger partial charge in [-0.15, -0.1) is 0 Å². The second-order valence-corrected chi connectivity index (χ2v) is 5.33. The molecule has 0 aliphatic carbocycles. The van der Waals surface area contributed by atoms with Crippen molar-refractivity contribution in [2.75, 3.05) is 18.8 Å². The minimum absolute atomic E-state index is 0. The van der Waals surface area contributed by atoms with E-state index in [2.05, 4.69) is 15.6 Å². The Kier molecular flexibility index (Phi) is 6.82. The molecule has 1 fully saturated rings. The van der Waals surface area contributed by atoms with E-state index in [4.69, 9.17) is 10.5 Å². The molecule has 11 heteroatoms. The van der Waals surface area contributed by atoms with E-state index in [9.17, 15) is 23.5 Å². The summed E-state index contributed by atoms with van der Waals surface area (Å²) in [7, 11) is 0. The topological polar surface area (TPSA) is 132 Å². The highest BCUT2D eigenvalue weighted by Gasteiger charge is 2.59. The average Bonchev–Trinajstić information content (AvgIpc) is 2.74. The number of rotatable bonds is 5. The molecule has 1 aromatic rings. The van der Waals surface area contributed by atoms with E-state index in [-0.39, 0.29) is 19.8 Å². The maximum absolute atomic E-state index is 14.2. The number of nitrogens with zero attached hydrogens (tertiary/aromatic N) is 2. The van der Waals surface area contributed by atoms with E-state index in [0.29, 0.717) is 17.5 Å². The first-order chi connectivity index (χ1) is 11.3. The lowest BCUT2D eigenvalue weighted by atomic mass is 10.1. The van der Waals surface area contributed by atoms with Crippen LogP contribution < -0.4 is 22.1 Å². The fourth-order valence-electron chi connectivity index (χ4n) is 2.23. The molecule has 0 radical (unpaired) electrons. The molecule has 0 unspecified atom stereocenters. The molecule has 0 bridgehead atoms. The van der Waals surface area contributed by atoms with Crippen molar-refractivity contribution in [1.82, 2.24) is 20.2 Å². The molecular weight excluding hydrogens is 340 g/mol. The minimum Gasteiger partial charge on any atom is -0.384 e. The van der Waals surface area contributed by atoms with Crippen molar-refractivity contribution in [3.8, 4) is 0 Å². The molecule has 5 N–H and O–H groups in total. The zero-order valence-electron chi connectivity index (χ0n) is 12.9. The fourth-order valence-corrected chi connectivity index (χ4v) is 2.23. The molecule has 142 valence electrons. The number of anilines is 1. The highest BCUT2D eigenvalue weighted by Crippen LogP contribution is 2.41. The van der Waals surface area contributed by atoms with Crippen LogP contribution >= 0.6 is 0 Å². The van der Waals surface area contributed by atoms with Crippen molar-refractivity contribution in [2.45, 2.75) is 45.1 Å². The van der Waals surface area contributed by atoms with Crippen LogP contribution in [0.5, 0.6) is 0 Å². The highest BCUT2D eigenvalue weighted by atomic mass is 19.3. The van der Waals surface area contributed by atoms with Gasteiger partial charge in [0.25, 0.3) is 0 Å². The zero-order chi connectivity index (χ0) is 17.9. The van der Waals surface area contributed by atoms with E-state index in [1.165, 1.54) is 0 Å². The Hall–Kier alpha value is -2.27. The van der Waals surface area contributed by atoms with Crippen molar-refractivity contribution < 1.29 is 23.4 Å². The molecule has 0 spiro atoms. The van der Waals surface area contributed by atoms with Crippen molar-refractivity contribution in [3.63, 3.8) is 0 Å². The maximum Gasteiger partial charge on any atom is 0.351 e.